The lowest BCUT2D eigenvalue weighted by atomic mass is 9.76. The van der Waals surface area contributed by atoms with E-state index < -0.39 is 40.0 Å². The van der Waals surface area contributed by atoms with E-state index in [4.69, 9.17) is 16.4 Å². The van der Waals surface area contributed by atoms with E-state index in [0.29, 0.717) is 41.0 Å². The summed E-state index contributed by atoms with van der Waals surface area (Å²) in [6, 6.07) is 14.3. The van der Waals surface area contributed by atoms with E-state index >= 15 is 0 Å². The molecule has 5 rings (SSSR count). The van der Waals surface area contributed by atoms with Crippen LogP contribution in [0.3, 0.4) is 0 Å². The minimum Gasteiger partial charge on any atom is -0.396 e. The van der Waals surface area contributed by atoms with Gasteiger partial charge in [0.15, 0.2) is 0 Å². The van der Waals surface area contributed by atoms with E-state index in [-0.39, 0.29) is 19.1 Å². The van der Waals surface area contributed by atoms with Crippen LogP contribution in [-0.4, -0.2) is 55.2 Å². The number of nitrogens with one attached hydrogen (secondary N) is 2. The number of carbonyl (C=O) groups is 2. The SMILES string of the molecule is CS(=O)(=O)N[C@H]1CCCC[C@@H]1N1C(=O)c2ccccc2[C@@H](C(=O)NOCc2cc(CCO)cs2)[C@@H]1c1ccc(Cl)cc1. The van der Waals surface area contributed by atoms with Crippen LogP contribution in [0.1, 0.15) is 69.6 Å². The number of sulfonamides is 1. The monoisotopic (exact) mass is 631 g/mol. The predicted octanol–water partition coefficient (Wildman–Crippen LogP) is 4.33. The number of thiophene rings is 1. The summed E-state index contributed by atoms with van der Waals surface area (Å²) >= 11 is 7.70. The fourth-order valence-electron chi connectivity index (χ4n) is 6.07. The van der Waals surface area contributed by atoms with Gasteiger partial charge in [0.25, 0.3) is 11.8 Å². The van der Waals surface area contributed by atoms with Gasteiger partial charge in [-0.1, -0.05) is 54.8 Å². The Morgan fingerprint density at radius 2 is 1.88 bits per heavy atom. The smallest absolute Gasteiger partial charge is 0.255 e. The number of rotatable bonds is 10. The minimum absolute atomic E-state index is 0.0533. The molecular weight excluding hydrogens is 598 g/mol. The van der Waals surface area contributed by atoms with Crippen molar-refractivity contribution in [3.8, 4) is 0 Å². The summed E-state index contributed by atoms with van der Waals surface area (Å²) in [7, 11) is -3.55. The summed E-state index contributed by atoms with van der Waals surface area (Å²) < 4.78 is 27.4. The van der Waals surface area contributed by atoms with Crippen molar-refractivity contribution >= 4 is 44.8 Å². The summed E-state index contributed by atoms with van der Waals surface area (Å²) in [6.07, 6.45) is 4.49. The predicted molar refractivity (Wildman–Crippen MR) is 162 cm³/mol. The van der Waals surface area contributed by atoms with Crippen LogP contribution in [-0.2, 0) is 32.7 Å². The first-order valence-corrected chi connectivity index (χ1v) is 17.0. The summed E-state index contributed by atoms with van der Waals surface area (Å²) in [5, 5.41) is 11.7. The van der Waals surface area contributed by atoms with Gasteiger partial charge in [0, 0.05) is 34.2 Å². The van der Waals surface area contributed by atoms with Gasteiger partial charge >= 0.3 is 0 Å². The van der Waals surface area contributed by atoms with Gasteiger partial charge in [-0.3, -0.25) is 14.4 Å². The number of fused-ring (bicyclic) bond motifs is 1. The molecule has 2 aromatic carbocycles. The molecular formula is C30H34ClN3O6S2. The van der Waals surface area contributed by atoms with E-state index in [1.165, 1.54) is 11.3 Å². The first-order chi connectivity index (χ1) is 20.2. The summed E-state index contributed by atoms with van der Waals surface area (Å²) in [6.45, 7) is 0.200. The number of halogens is 1. The molecule has 0 spiro atoms. The van der Waals surface area contributed by atoms with Gasteiger partial charge in [0.1, 0.15) is 6.61 Å². The van der Waals surface area contributed by atoms with Crippen LogP contribution >= 0.6 is 22.9 Å². The molecule has 4 atom stereocenters. The highest BCUT2D eigenvalue weighted by molar-refractivity contribution is 7.88. The first-order valence-electron chi connectivity index (χ1n) is 13.9. The Morgan fingerprint density at radius 1 is 1.14 bits per heavy atom. The molecule has 3 aromatic rings. The Balaban J connectivity index is 1.52. The van der Waals surface area contributed by atoms with Gasteiger partial charge in [-0.05, 0) is 65.6 Å². The number of nitrogens with zero attached hydrogens (tertiary/aromatic N) is 1. The van der Waals surface area contributed by atoms with Crippen LogP contribution in [0.25, 0.3) is 0 Å². The minimum atomic E-state index is -3.55. The average Bonchev–Trinajstić information content (AvgIpc) is 3.40. The highest BCUT2D eigenvalue weighted by Gasteiger charge is 2.49. The van der Waals surface area contributed by atoms with E-state index in [1.54, 1.807) is 53.4 Å². The molecule has 3 N–H and O–H groups in total. The topological polar surface area (TPSA) is 125 Å². The van der Waals surface area contributed by atoms with Crippen molar-refractivity contribution in [1.82, 2.24) is 15.1 Å². The normalized spacial score (nSPS) is 22.5. The van der Waals surface area contributed by atoms with Gasteiger partial charge in [0.05, 0.1) is 18.2 Å². The number of hydrogen-bond donors (Lipinski definition) is 3. The van der Waals surface area contributed by atoms with Crippen LogP contribution in [0.2, 0.25) is 5.02 Å². The number of hydroxylamine groups is 1. The zero-order valence-corrected chi connectivity index (χ0v) is 25.6. The second-order valence-electron chi connectivity index (χ2n) is 10.8. The number of aliphatic hydroxyl groups is 1. The van der Waals surface area contributed by atoms with Gasteiger partial charge in [0.2, 0.25) is 10.0 Å². The van der Waals surface area contributed by atoms with Gasteiger partial charge in [-0.2, -0.15) is 0 Å². The standard InChI is InChI=1S/C30H34ClN3O6S2/c1-42(38,39)33-25-8-4-5-9-26(25)34-28(20-10-12-21(31)13-11-20)27(23-6-2-3-7-24(23)30(34)37)29(36)32-40-17-22-16-19(14-15-35)18-41-22/h2-3,6-7,10-13,16,18,25-28,33,35H,4-5,8-9,14-15,17H2,1H3,(H,32,36)/t25-,26-,27+,28-/m0/s1. The highest BCUT2D eigenvalue weighted by Crippen LogP contribution is 2.46. The van der Waals surface area contributed by atoms with E-state index in [2.05, 4.69) is 10.2 Å². The molecule has 0 radical (unpaired) electrons. The van der Waals surface area contributed by atoms with Crippen molar-refractivity contribution in [2.45, 2.75) is 62.8 Å². The zero-order valence-electron chi connectivity index (χ0n) is 23.2. The molecule has 42 heavy (non-hydrogen) atoms. The third-order valence-corrected chi connectivity index (χ3v) is 9.76. The lowest BCUT2D eigenvalue weighted by molar-refractivity contribution is -0.138. The van der Waals surface area contributed by atoms with Gasteiger partial charge in [-0.25, -0.2) is 18.6 Å². The van der Waals surface area contributed by atoms with Crippen molar-refractivity contribution in [3.05, 3.63) is 92.1 Å². The third-order valence-electron chi connectivity index (χ3n) is 7.82. The van der Waals surface area contributed by atoms with Crippen LogP contribution in [0.5, 0.6) is 0 Å². The number of amides is 2. The van der Waals surface area contributed by atoms with Crippen molar-refractivity contribution in [2.75, 3.05) is 12.9 Å². The molecule has 12 heteroatoms. The lowest BCUT2D eigenvalue weighted by Crippen LogP contribution is -2.59. The molecule has 1 saturated carbocycles. The van der Waals surface area contributed by atoms with Crippen LogP contribution < -0.4 is 10.2 Å². The van der Waals surface area contributed by atoms with Crippen molar-refractivity contribution < 1.29 is 28.0 Å². The maximum Gasteiger partial charge on any atom is 0.255 e. The molecule has 9 nitrogen and oxygen atoms in total. The third kappa shape index (κ3) is 6.88. The summed E-state index contributed by atoms with van der Waals surface area (Å²) in [4.78, 5) is 36.5. The highest BCUT2D eigenvalue weighted by atomic mass is 35.5. The van der Waals surface area contributed by atoms with Crippen LogP contribution in [0.15, 0.2) is 60.0 Å². The molecule has 1 aliphatic carbocycles. The number of benzene rings is 2. The number of hydrogen-bond acceptors (Lipinski definition) is 7. The fourth-order valence-corrected chi connectivity index (χ4v) is 7.86. The van der Waals surface area contributed by atoms with Crippen LogP contribution in [0, 0.1) is 0 Å². The number of aliphatic hydroxyl groups excluding tert-OH is 1. The molecule has 2 aliphatic rings. The van der Waals surface area contributed by atoms with Crippen molar-refractivity contribution in [1.29, 1.82) is 0 Å². The second-order valence-corrected chi connectivity index (χ2v) is 14.0. The molecule has 0 saturated heterocycles. The Morgan fingerprint density at radius 3 is 2.62 bits per heavy atom. The number of carbonyl (C=O) groups excluding carboxylic acids is 2. The maximum atomic E-state index is 14.2. The Bertz CT molecular complexity index is 1530. The second kappa shape index (κ2) is 13.2. The zero-order chi connectivity index (χ0) is 29.9. The molecule has 1 aliphatic heterocycles. The molecule has 1 fully saturated rings. The molecule has 2 amide bonds. The molecule has 0 unspecified atom stereocenters. The van der Waals surface area contributed by atoms with Gasteiger partial charge in [-0.15, -0.1) is 11.3 Å². The quantitative estimate of drug-likeness (QED) is 0.286. The largest absolute Gasteiger partial charge is 0.396 e. The molecule has 0 bridgehead atoms. The first kappa shape index (κ1) is 30.7. The average molecular weight is 632 g/mol. The van der Waals surface area contributed by atoms with Gasteiger partial charge < -0.3 is 10.0 Å². The summed E-state index contributed by atoms with van der Waals surface area (Å²) in [5.74, 6) is -1.51. The Labute approximate surface area is 254 Å². The van der Waals surface area contributed by atoms with Crippen molar-refractivity contribution in [2.24, 2.45) is 0 Å². The Kier molecular flexibility index (Phi) is 9.66. The van der Waals surface area contributed by atoms with E-state index in [0.717, 1.165) is 29.5 Å². The van der Waals surface area contributed by atoms with Crippen LogP contribution in [0.4, 0.5) is 0 Å². The molecule has 2 heterocycles. The van der Waals surface area contributed by atoms with E-state index in [1.807, 2.05) is 11.4 Å². The van der Waals surface area contributed by atoms with Crippen molar-refractivity contribution in [3.63, 3.8) is 0 Å². The molecule has 1 aromatic heterocycles. The lowest BCUT2D eigenvalue weighted by Gasteiger charge is -2.49. The summed E-state index contributed by atoms with van der Waals surface area (Å²) in [5.41, 5.74) is 5.30. The Hall–Kier alpha value is -2.80. The van der Waals surface area contributed by atoms with E-state index in [9.17, 15) is 23.1 Å². The fraction of sp³-hybridized carbons (Fsp3) is 0.400. The maximum absolute atomic E-state index is 14.2. The molecule has 224 valence electrons.